The van der Waals surface area contributed by atoms with Crippen LogP contribution in [0.3, 0.4) is 0 Å². The summed E-state index contributed by atoms with van der Waals surface area (Å²) in [6.07, 6.45) is 0. The second-order valence-electron chi connectivity index (χ2n) is 8.23. The van der Waals surface area contributed by atoms with Gasteiger partial charge in [-0.1, -0.05) is 0 Å². The molecule has 0 aliphatic heterocycles. The number of hydrogen-bond acceptors (Lipinski definition) is 8. The van der Waals surface area contributed by atoms with E-state index in [0.717, 1.165) is 0 Å². The van der Waals surface area contributed by atoms with Crippen molar-refractivity contribution in [1.29, 1.82) is 21.0 Å². The van der Waals surface area contributed by atoms with Crippen LogP contribution >= 0.6 is 0 Å². The molecule has 18 heteroatoms. The molecule has 0 bridgehead atoms. The molecule has 5 aromatic rings. The van der Waals surface area contributed by atoms with Crippen molar-refractivity contribution >= 4 is 33.3 Å². The van der Waals surface area contributed by atoms with E-state index in [9.17, 15) is 47.4 Å². The number of rotatable bonds is 2. The number of halogens is 10. The van der Waals surface area contributed by atoms with Gasteiger partial charge in [0.1, 0.15) is 35.3 Å². The fraction of sp³-hybridized carbons (Fsp3) is 0. The van der Waals surface area contributed by atoms with Gasteiger partial charge in [-0.25, -0.2) is 53.9 Å². The lowest BCUT2D eigenvalue weighted by atomic mass is 9.94. The molecule has 8 nitrogen and oxygen atoms in total. The molecule has 216 valence electrons. The van der Waals surface area contributed by atoms with Gasteiger partial charge in [-0.3, -0.25) is 0 Å². The van der Waals surface area contributed by atoms with E-state index in [1.807, 2.05) is 0 Å². The van der Waals surface area contributed by atoms with Gasteiger partial charge in [0.2, 0.25) is 22.7 Å². The van der Waals surface area contributed by atoms with Crippen LogP contribution in [0, 0.1) is 103 Å². The lowest BCUT2D eigenvalue weighted by molar-refractivity contribution is 0.381. The van der Waals surface area contributed by atoms with Gasteiger partial charge in [0.25, 0.3) is 0 Å². The number of nitrogens with zero attached hydrogens (tertiary/aromatic N) is 6. The quantitative estimate of drug-likeness (QED) is 0.151. The SMILES string of the molecule is N#CC(C#N)=c1nc2c(-c3c(F)c(F)c(F)c(F)c3F)c3oc(=C(C#N)C#N)nc3c(-c3c(F)c(F)c(F)c(F)c3F)c2o1. The first kappa shape index (κ1) is 29.1. The van der Waals surface area contributed by atoms with E-state index in [2.05, 4.69) is 9.97 Å². The van der Waals surface area contributed by atoms with Crippen molar-refractivity contribution in [3.8, 4) is 46.5 Å². The second-order valence-corrected chi connectivity index (χ2v) is 8.23. The molecule has 2 aromatic heterocycles. The monoisotopic (exact) mass is 618 g/mol. The van der Waals surface area contributed by atoms with Gasteiger partial charge in [0.05, 0.1) is 22.3 Å². The highest BCUT2D eigenvalue weighted by Gasteiger charge is 2.36. The number of benzene rings is 3. The van der Waals surface area contributed by atoms with Gasteiger partial charge < -0.3 is 8.83 Å². The topological polar surface area (TPSA) is 147 Å². The Balaban J connectivity index is 2.25. The molecule has 0 unspecified atom stereocenters. The third-order valence-electron chi connectivity index (χ3n) is 5.98. The molecule has 0 N–H and O–H groups in total. The van der Waals surface area contributed by atoms with Crippen LogP contribution in [0.2, 0.25) is 0 Å². The summed E-state index contributed by atoms with van der Waals surface area (Å²) in [7, 11) is 0. The summed E-state index contributed by atoms with van der Waals surface area (Å²) in [4.78, 5) is 7.19. The maximum absolute atomic E-state index is 15.1. The molecule has 0 fully saturated rings. The first-order valence-electron chi connectivity index (χ1n) is 11.0. The average Bonchev–Trinajstić information content (AvgIpc) is 3.64. The normalized spacial score (nSPS) is 10.9. The number of nitriles is 4. The fourth-order valence-corrected chi connectivity index (χ4v) is 4.10. The predicted molar refractivity (Wildman–Crippen MR) is 121 cm³/mol. The highest BCUT2D eigenvalue weighted by molar-refractivity contribution is 6.16. The van der Waals surface area contributed by atoms with E-state index in [1.54, 1.807) is 0 Å². The van der Waals surface area contributed by atoms with Crippen molar-refractivity contribution in [1.82, 2.24) is 9.97 Å². The zero-order valence-corrected chi connectivity index (χ0v) is 20.3. The van der Waals surface area contributed by atoms with Crippen LogP contribution in [0.1, 0.15) is 0 Å². The van der Waals surface area contributed by atoms with Gasteiger partial charge >= 0.3 is 0 Å². The van der Waals surface area contributed by atoms with Crippen LogP contribution < -0.4 is 11.1 Å². The third-order valence-corrected chi connectivity index (χ3v) is 5.98. The van der Waals surface area contributed by atoms with Gasteiger partial charge in [-0.2, -0.15) is 21.0 Å². The van der Waals surface area contributed by atoms with Crippen molar-refractivity contribution in [2.75, 3.05) is 0 Å². The van der Waals surface area contributed by atoms with Crippen molar-refractivity contribution in [3.05, 3.63) is 69.3 Å². The molecular formula is C26F10N6O2. The molecule has 0 atom stereocenters. The molecule has 0 aliphatic carbocycles. The molecule has 0 spiro atoms. The molecule has 0 aliphatic rings. The van der Waals surface area contributed by atoms with Crippen molar-refractivity contribution in [2.24, 2.45) is 0 Å². The van der Waals surface area contributed by atoms with Crippen LogP contribution in [0.4, 0.5) is 43.9 Å². The van der Waals surface area contributed by atoms with E-state index < -0.39 is 125 Å². The van der Waals surface area contributed by atoms with Crippen molar-refractivity contribution < 1.29 is 52.7 Å². The molecule has 0 saturated heterocycles. The smallest absolute Gasteiger partial charge is 0.249 e. The Bertz CT molecular complexity index is 2140. The van der Waals surface area contributed by atoms with Crippen LogP contribution in [-0.4, -0.2) is 9.97 Å². The van der Waals surface area contributed by atoms with E-state index in [-0.39, 0.29) is 0 Å². The lowest BCUT2D eigenvalue weighted by Crippen LogP contribution is -2.07. The number of hydrogen-bond donors (Lipinski definition) is 0. The highest BCUT2D eigenvalue weighted by Crippen LogP contribution is 2.46. The minimum Gasteiger partial charge on any atom is -0.434 e. The zero-order valence-electron chi connectivity index (χ0n) is 20.3. The fourth-order valence-electron chi connectivity index (χ4n) is 4.10. The summed E-state index contributed by atoms with van der Waals surface area (Å²) in [6.45, 7) is 0. The standard InChI is InChI=1S/C26F10N6O2/c27-11-7(12(28)16(32)19(35)15(11)31)9-21-23(43-25(41-21)5(1-37)2-38)10(8-13(29)17(33)20(36)18(34)14(8)30)22-24(9)44-26(42-22)6(3-39)4-40. The van der Waals surface area contributed by atoms with Gasteiger partial charge in [-0.15, -0.1) is 0 Å². The summed E-state index contributed by atoms with van der Waals surface area (Å²) in [5.74, 6) is -25.7. The summed E-state index contributed by atoms with van der Waals surface area (Å²) in [5.41, 5.74) is -15.7. The van der Waals surface area contributed by atoms with E-state index in [4.69, 9.17) is 8.83 Å². The summed E-state index contributed by atoms with van der Waals surface area (Å²) in [5, 5.41) is 36.9. The average molecular weight is 618 g/mol. The molecule has 5 rings (SSSR count). The molecule has 44 heavy (non-hydrogen) atoms. The molecule has 0 amide bonds. The first-order chi connectivity index (χ1) is 20.8. The second kappa shape index (κ2) is 10.2. The van der Waals surface area contributed by atoms with Crippen LogP contribution in [0.15, 0.2) is 8.83 Å². The summed E-state index contributed by atoms with van der Waals surface area (Å²) >= 11 is 0. The van der Waals surface area contributed by atoms with E-state index in [0.29, 0.717) is 0 Å². The molecule has 2 heterocycles. The Morgan fingerprint density at radius 3 is 0.909 bits per heavy atom. The van der Waals surface area contributed by atoms with Gasteiger partial charge in [0, 0.05) is 0 Å². The van der Waals surface area contributed by atoms with E-state index in [1.165, 1.54) is 24.3 Å². The number of fused-ring (bicyclic) bond motifs is 2. The maximum Gasteiger partial charge on any atom is 0.249 e. The molecule has 3 aromatic carbocycles. The Morgan fingerprint density at radius 2 is 0.659 bits per heavy atom. The minimum atomic E-state index is -2.64. The van der Waals surface area contributed by atoms with E-state index >= 15 is 17.6 Å². The third kappa shape index (κ3) is 3.82. The highest BCUT2D eigenvalue weighted by atomic mass is 19.2. The first-order valence-corrected chi connectivity index (χ1v) is 11.0. The molecule has 0 saturated carbocycles. The Hall–Kier alpha value is -6.40. The van der Waals surface area contributed by atoms with Crippen molar-refractivity contribution in [2.45, 2.75) is 0 Å². The van der Waals surface area contributed by atoms with Crippen LogP contribution in [0.25, 0.3) is 55.6 Å². The Kier molecular flexibility index (Phi) is 6.71. The zero-order chi connectivity index (χ0) is 32.4. The van der Waals surface area contributed by atoms with Crippen LogP contribution in [0.5, 0.6) is 0 Å². The molecular weight excluding hydrogens is 618 g/mol. The number of oxazole rings is 2. The lowest BCUT2D eigenvalue weighted by Gasteiger charge is -2.13. The minimum absolute atomic E-state index is 1.05. The maximum atomic E-state index is 15.1. The van der Waals surface area contributed by atoms with Gasteiger partial charge in [0.15, 0.2) is 68.9 Å². The largest absolute Gasteiger partial charge is 0.434 e. The molecule has 0 radical (unpaired) electrons. The Morgan fingerprint density at radius 1 is 0.409 bits per heavy atom. The predicted octanol–water partition coefficient (Wildman–Crippen LogP) is 5.09. The van der Waals surface area contributed by atoms with Crippen molar-refractivity contribution in [3.63, 3.8) is 0 Å². The van der Waals surface area contributed by atoms with Crippen LogP contribution in [-0.2, 0) is 0 Å². The summed E-state index contributed by atoms with van der Waals surface area (Å²) in [6, 6.07) is 5.07. The Labute approximate surface area is 233 Å². The summed E-state index contributed by atoms with van der Waals surface area (Å²) < 4.78 is 156. The van der Waals surface area contributed by atoms with Gasteiger partial charge in [-0.05, 0) is 0 Å². The number of aromatic nitrogens is 2.